The van der Waals surface area contributed by atoms with E-state index in [0.717, 1.165) is 29.2 Å². The van der Waals surface area contributed by atoms with E-state index in [2.05, 4.69) is 17.2 Å². The van der Waals surface area contributed by atoms with Gasteiger partial charge in [-0.2, -0.15) is 5.10 Å². The Morgan fingerprint density at radius 3 is 2.71 bits per heavy atom. The van der Waals surface area contributed by atoms with Crippen LogP contribution < -0.4 is 9.47 Å². The van der Waals surface area contributed by atoms with Gasteiger partial charge in [-0.1, -0.05) is 42.5 Å². The quantitative estimate of drug-likeness (QED) is 0.661. The predicted molar refractivity (Wildman–Crippen MR) is 105 cm³/mol. The molecule has 0 saturated heterocycles. The van der Waals surface area contributed by atoms with Crippen LogP contribution in [0.3, 0.4) is 0 Å². The highest BCUT2D eigenvalue weighted by Gasteiger charge is 2.23. The lowest BCUT2D eigenvalue weighted by Crippen LogP contribution is -2.33. The van der Waals surface area contributed by atoms with Crippen LogP contribution >= 0.6 is 0 Å². The van der Waals surface area contributed by atoms with Crippen LogP contribution in [0.4, 0.5) is 0 Å². The van der Waals surface area contributed by atoms with E-state index in [4.69, 9.17) is 9.47 Å². The van der Waals surface area contributed by atoms with Gasteiger partial charge in [-0.15, -0.1) is 0 Å². The van der Waals surface area contributed by atoms with E-state index in [9.17, 15) is 4.79 Å². The average Bonchev–Trinajstić information content (AvgIpc) is 3.32. The molecule has 144 valence electrons. The van der Waals surface area contributed by atoms with Gasteiger partial charge in [0.25, 0.3) is 5.91 Å². The minimum atomic E-state index is -0.0869. The molecule has 0 spiro atoms. The molecule has 1 aromatic heterocycles. The van der Waals surface area contributed by atoms with Crippen LogP contribution in [0.2, 0.25) is 0 Å². The largest absolute Gasteiger partial charge is 0.454 e. The first-order valence-corrected chi connectivity index (χ1v) is 9.33. The zero-order valence-corrected chi connectivity index (χ0v) is 16.1. The molecule has 0 N–H and O–H groups in total. The van der Waals surface area contributed by atoms with Crippen molar-refractivity contribution in [3.05, 3.63) is 77.1 Å². The molecule has 0 bridgehead atoms. The highest BCUT2D eigenvalue weighted by molar-refractivity contribution is 5.92. The maximum Gasteiger partial charge on any atom is 0.274 e. The van der Waals surface area contributed by atoms with Gasteiger partial charge in [0.2, 0.25) is 6.79 Å². The highest BCUT2D eigenvalue weighted by atomic mass is 16.7. The summed E-state index contributed by atoms with van der Waals surface area (Å²) >= 11 is 0. The molecule has 1 aliphatic heterocycles. The van der Waals surface area contributed by atoms with Gasteiger partial charge in [0, 0.05) is 31.4 Å². The number of carbonyl (C=O) groups is 1. The number of aryl methyl sites for hydroxylation is 2. The summed E-state index contributed by atoms with van der Waals surface area (Å²) in [7, 11) is 1.84. The predicted octanol–water partition coefficient (Wildman–Crippen LogP) is 3.34. The third kappa shape index (κ3) is 3.71. The highest BCUT2D eigenvalue weighted by Crippen LogP contribution is 2.36. The molecule has 0 fully saturated rings. The van der Waals surface area contributed by atoms with Crippen molar-refractivity contribution in [3.8, 4) is 11.5 Å². The van der Waals surface area contributed by atoms with Crippen LogP contribution in [-0.4, -0.2) is 33.9 Å². The van der Waals surface area contributed by atoms with Crippen LogP contribution in [0, 0.1) is 6.92 Å². The number of fused-ring (bicyclic) bond motifs is 1. The number of aromatic nitrogens is 2. The molecule has 0 atom stereocenters. The molecule has 6 nitrogen and oxygen atoms in total. The Bertz CT molecular complexity index is 962. The first kappa shape index (κ1) is 18.1. The summed E-state index contributed by atoms with van der Waals surface area (Å²) in [5.74, 6) is 1.36. The molecule has 6 heteroatoms. The Morgan fingerprint density at radius 2 is 1.96 bits per heavy atom. The molecule has 0 radical (unpaired) electrons. The Kier molecular flexibility index (Phi) is 5.02. The number of para-hydroxylation sites is 1. The SMILES string of the molecule is Cc1cc(C(=O)N(CCc2ccccc2)Cc2cccc3c2OCO3)nn1C. The van der Waals surface area contributed by atoms with Crippen LogP contribution in [0.15, 0.2) is 54.6 Å². The summed E-state index contributed by atoms with van der Waals surface area (Å²) in [4.78, 5) is 15.0. The summed E-state index contributed by atoms with van der Waals surface area (Å²) in [6.45, 7) is 3.17. The maximum atomic E-state index is 13.2. The van der Waals surface area contributed by atoms with Crippen molar-refractivity contribution >= 4 is 5.91 Å². The van der Waals surface area contributed by atoms with E-state index in [0.29, 0.717) is 18.8 Å². The Labute approximate surface area is 164 Å². The van der Waals surface area contributed by atoms with Gasteiger partial charge in [-0.05, 0) is 31.0 Å². The average molecular weight is 377 g/mol. The molecule has 4 rings (SSSR count). The van der Waals surface area contributed by atoms with Crippen molar-refractivity contribution in [3.63, 3.8) is 0 Å². The number of benzene rings is 2. The Hall–Kier alpha value is -3.28. The zero-order chi connectivity index (χ0) is 19.5. The summed E-state index contributed by atoms with van der Waals surface area (Å²) < 4.78 is 12.8. The van der Waals surface area contributed by atoms with Crippen molar-refractivity contribution in [1.82, 2.24) is 14.7 Å². The van der Waals surface area contributed by atoms with E-state index in [-0.39, 0.29) is 12.7 Å². The number of carbonyl (C=O) groups excluding carboxylic acids is 1. The molecule has 0 saturated carbocycles. The lowest BCUT2D eigenvalue weighted by Gasteiger charge is -2.22. The topological polar surface area (TPSA) is 56.6 Å². The first-order chi connectivity index (χ1) is 13.6. The van der Waals surface area contributed by atoms with Gasteiger partial charge in [-0.3, -0.25) is 9.48 Å². The third-order valence-corrected chi connectivity index (χ3v) is 4.97. The van der Waals surface area contributed by atoms with Gasteiger partial charge >= 0.3 is 0 Å². The lowest BCUT2D eigenvalue weighted by atomic mass is 10.1. The van der Waals surface area contributed by atoms with E-state index in [1.54, 1.807) is 4.68 Å². The second kappa shape index (κ2) is 7.76. The fourth-order valence-corrected chi connectivity index (χ4v) is 3.31. The monoisotopic (exact) mass is 377 g/mol. The number of rotatable bonds is 6. The van der Waals surface area contributed by atoms with Gasteiger partial charge < -0.3 is 14.4 Å². The summed E-state index contributed by atoms with van der Waals surface area (Å²) in [6.07, 6.45) is 0.769. The number of ether oxygens (including phenoxy) is 2. The van der Waals surface area contributed by atoms with Gasteiger partial charge in [0.15, 0.2) is 17.2 Å². The van der Waals surface area contributed by atoms with Crippen LogP contribution in [0.5, 0.6) is 11.5 Å². The third-order valence-electron chi connectivity index (χ3n) is 4.97. The van der Waals surface area contributed by atoms with E-state index in [1.165, 1.54) is 5.56 Å². The fourth-order valence-electron chi connectivity index (χ4n) is 3.31. The van der Waals surface area contributed by atoms with Crippen molar-refractivity contribution in [2.75, 3.05) is 13.3 Å². The molecule has 0 unspecified atom stereocenters. The molecule has 2 heterocycles. The summed E-state index contributed by atoms with van der Waals surface area (Å²) in [6, 6.07) is 17.8. The molecule has 0 aliphatic carbocycles. The van der Waals surface area contributed by atoms with Crippen molar-refractivity contribution in [1.29, 1.82) is 0 Å². The van der Waals surface area contributed by atoms with Gasteiger partial charge in [0.05, 0.1) is 0 Å². The maximum absolute atomic E-state index is 13.2. The number of hydrogen-bond acceptors (Lipinski definition) is 4. The number of hydrogen-bond donors (Lipinski definition) is 0. The summed E-state index contributed by atoms with van der Waals surface area (Å²) in [5.41, 5.74) is 3.53. The van der Waals surface area contributed by atoms with E-state index < -0.39 is 0 Å². The summed E-state index contributed by atoms with van der Waals surface area (Å²) in [5, 5.41) is 4.37. The fraction of sp³-hybridized carbons (Fsp3) is 0.273. The molecule has 1 aliphatic rings. The standard InChI is InChI=1S/C22H23N3O3/c1-16-13-19(23-24(16)2)22(26)25(12-11-17-7-4-3-5-8-17)14-18-9-6-10-20-21(18)28-15-27-20/h3-10,13H,11-12,14-15H2,1-2H3. The first-order valence-electron chi connectivity index (χ1n) is 9.33. The van der Waals surface area contributed by atoms with Crippen molar-refractivity contribution < 1.29 is 14.3 Å². The second-order valence-electron chi connectivity index (χ2n) is 6.91. The minimum Gasteiger partial charge on any atom is -0.454 e. The van der Waals surface area contributed by atoms with Crippen LogP contribution in [-0.2, 0) is 20.0 Å². The minimum absolute atomic E-state index is 0.0869. The van der Waals surface area contributed by atoms with Crippen LogP contribution in [0.1, 0.15) is 27.3 Å². The normalized spacial score (nSPS) is 12.2. The zero-order valence-electron chi connectivity index (χ0n) is 16.1. The molecule has 3 aromatic rings. The van der Waals surface area contributed by atoms with Gasteiger partial charge in [-0.25, -0.2) is 0 Å². The Balaban J connectivity index is 1.59. The van der Waals surface area contributed by atoms with Crippen molar-refractivity contribution in [2.24, 2.45) is 7.05 Å². The molecular weight excluding hydrogens is 354 g/mol. The van der Waals surface area contributed by atoms with Gasteiger partial charge in [0.1, 0.15) is 0 Å². The molecule has 2 aromatic carbocycles. The smallest absolute Gasteiger partial charge is 0.274 e. The number of amides is 1. The van der Waals surface area contributed by atoms with Crippen molar-refractivity contribution in [2.45, 2.75) is 19.9 Å². The second-order valence-corrected chi connectivity index (χ2v) is 6.91. The number of nitrogens with zero attached hydrogens (tertiary/aromatic N) is 3. The van der Waals surface area contributed by atoms with Crippen LogP contribution in [0.25, 0.3) is 0 Å². The van der Waals surface area contributed by atoms with E-state index >= 15 is 0 Å². The Morgan fingerprint density at radius 1 is 1.14 bits per heavy atom. The lowest BCUT2D eigenvalue weighted by molar-refractivity contribution is 0.0737. The molecule has 1 amide bonds. The molecule has 28 heavy (non-hydrogen) atoms. The molecular formula is C22H23N3O3. The van der Waals surface area contributed by atoms with E-state index in [1.807, 2.05) is 61.3 Å².